The third kappa shape index (κ3) is 11.0. The molecule has 1 rings (SSSR count). The van der Waals surface area contributed by atoms with Crippen LogP contribution < -0.4 is 0 Å². The molecule has 0 fully saturated rings. The number of unbranched alkanes of at least 4 members (excludes halogenated alkanes) is 1. The maximum absolute atomic E-state index is 12.9. The Bertz CT molecular complexity index is 722. The normalized spacial score (nSPS) is 12.8. The van der Waals surface area contributed by atoms with Crippen LogP contribution >= 0.6 is 0 Å². The van der Waals surface area contributed by atoms with Crippen LogP contribution in [-0.2, 0) is 22.3 Å². The minimum absolute atomic E-state index is 0.168. The van der Waals surface area contributed by atoms with Gasteiger partial charge in [0.2, 0.25) is 0 Å². The predicted octanol–water partition coefficient (Wildman–Crippen LogP) is 6.46. The average molecular weight is 480 g/mol. The Morgan fingerprint density at radius 3 is 2.18 bits per heavy atom. The van der Waals surface area contributed by atoms with Crippen LogP contribution in [-0.4, -0.2) is 61.0 Å². The van der Waals surface area contributed by atoms with Crippen LogP contribution in [0.5, 0.6) is 0 Å². The zero-order valence-electron chi connectivity index (χ0n) is 23.0. The van der Waals surface area contributed by atoms with Gasteiger partial charge < -0.3 is 19.0 Å². The second-order valence-electron chi connectivity index (χ2n) is 11.3. The summed E-state index contributed by atoms with van der Waals surface area (Å²) in [5.41, 5.74) is 1.43. The molecule has 0 aliphatic rings. The second kappa shape index (κ2) is 12.9. The van der Waals surface area contributed by atoms with Crippen molar-refractivity contribution in [2.45, 2.75) is 105 Å². The minimum atomic E-state index is -1.83. The molecule has 0 saturated carbocycles. The first-order valence-corrected chi connectivity index (χ1v) is 15.4. The number of carbonyl (C=O) groups is 1. The summed E-state index contributed by atoms with van der Waals surface area (Å²) in [4.78, 5) is 21.6. The van der Waals surface area contributed by atoms with Crippen molar-refractivity contribution >= 4 is 14.4 Å². The standard InChI is InChI=1S/C26H49N3O3Si/c1-11-28(12-2)17-13-14-18-29(24(30)32-25(3,4)5)20-23-19-22(15-16-27-23)21-31-33(9,10)26(6,7)8/h15-16,19H,11-14,17-18,20-21H2,1-10H3. The Morgan fingerprint density at radius 2 is 1.64 bits per heavy atom. The summed E-state index contributed by atoms with van der Waals surface area (Å²) in [5, 5.41) is 0.168. The SMILES string of the molecule is CCN(CC)CCCCN(Cc1cc(CO[Si](C)(C)C(C)(C)C)ccn1)C(=O)OC(C)(C)C. The van der Waals surface area contributed by atoms with E-state index in [0.29, 0.717) is 19.7 Å². The molecular formula is C26H49N3O3Si. The number of carbonyl (C=O) groups excluding carboxylic acids is 1. The van der Waals surface area contributed by atoms with Crippen molar-refractivity contribution < 1.29 is 14.0 Å². The number of aromatic nitrogens is 1. The van der Waals surface area contributed by atoms with E-state index in [9.17, 15) is 4.79 Å². The van der Waals surface area contributed by atoms with Gasteiger partial charge in [0.25, 0.3) is 0 Å². The fourth-order valence-electron chi connectivity index (χ4n) is 3.12. The van der Waals surface area contributed by atoms with Gasteiger partial charge in [0.15, 0.2) is 8.32 Å². The van der Waals surface area contributed by atoms with Crippen molar-refractivity contribution in [1.29, 1.82) is 0 Å². The van der Waals surface area contributed by atoms with Crippen molar-refractivity contribution in [3.63, 3.8) is 0 Å². The lowest BCUT2D eigenvalue weighted by Gasteiger charge is -2.36. The zero-order chi connectivity index (χ0) is 25.3. The Hall–Kier alpha value is -1.44. The molecule has 1 aromatic heterocycles. The van der Waals surface area contributed by atoms with E-state index < -0.39 is 13.9 Å². The summed E-state index contributed by atoms with van der Waals surface area (Å²) in [7, 11) is -1.83. The molecule has 0 radical (unpaired) electrons. The molecule has 0 spiro atoms. The zero-order valence-corrected chi connectivity index (χ0v) is 24.0. The highest BCUT2D eigenvalue weighted by Gasteiger charge is 2.37. The Morgan fingerprint density at radius 1 is 1.03 bits per heavy atom. The van der Waals surface area contributed by atoms with E-state index >= 15 is 0 Å². The number of ether oxygens (including phenoxy) is 1. The van der Waals surface area contributed by atoms with Gasteiger partial charge in [-0.15, -0.1) is 0 Å². The monoisotopic (exact) mass is 479 g/mol. The summed E-state index contributed by atoms with van der Waals surface area (Å²) in [6.07, 6.45) is 3.52. The molecule has 0 atom stereocenters. The quantitative estimate of drug-likeness (QED) is 0.254. The molecule has 33 heavy (non-hydrogen) atoms. The van der Waals surface area contributed by atoms with Gasteiger partial charge in [0, 0.05) is 12.7 Å². The number of nitrogens with zero attached hydrogens (tertiary/aromatic N) is 3. The molecule has 6 nitrogen and oxygen atoms in total. The fraction of sp³-hybridized carbons (Fsp3) is 0.769. The molecule has 0 aliphatic heterocycles. The van der Waals surface area contributed by atoms with Crippen LogP contribution in [0, 0.1) is 0 Å². The molecule has 7 heteroatoms. The van der Waals surface area contributed by atoms with Crippen molar-refractivity contribution in [3.8, 4) is 0 Å². The topological polar surface area (TPSA) is 54.9 Å². The highest BCUT2D eigenvalue weighted by molar-refractivity contribution is 6.74. The van der Waals surface area contributed by atoms with Crippen molar-refractivity contribution in [1.82, 2.24) is 14.8 Å². The number of hydrogen-bond donors (Lipinski definition) is 0. The first-order chi connectivity index (χ1) is 15.2. The van der Waals surface area contributed by atoms with Crippen LogP contribution in [0.15, 0.2) is 18.3 Å². The van der Waals surface area contributed by atoms with Gasteiger partial charge in [-0.05, 0) is 89.1 Å². The smallest absolute Gasteiger partial charge is 0.410 e. The van der Waals surface area contributed by atoms with Gasteiger partial charge in [-0.3, -0.25) is 4.98 Å². The molecule has 0 aliphatic carbocycles. The summed E-state index contributed by atoms with van der Waals surface area (Å²) >= 11 is 0. The fourth-order valence-corrected chi connectivity index (χ4v) is 4.08. The second-order valence-corrected chi connectivity index (χ2v) is 16.1. The Kier molecular flexibility index (Phi) is 11.5. The summed E-state index contributed by atoms with van der Waals surface area (Å²) < 4.78 is 12.1. The van der Waals surface area contributed by atoms with Crippen LogP contribution in [0.1, 0.15) is 79.5 Å². The average Bonchev–Trinajstić information content (AvgIpc) is 2.69. The molecular weight excluding hydrogens is 430 g/mol. The Labute approximate surface area is 204 Å². The molecule has 1 heterocycles. The number of amides is 1. The molecule has 1 aromatic rings. The van der Waals surface area contributed by atoms with Crippen LogP contribution in [0.4, 0.5) is 4.79 Å². The third-order valence-electron chi connectivity index (χ3n) is 6.34. The van der Waals surface area contributed by atoms with Crippen molar-refractivity contribution in [3.05, 3.63) is 29.6 Å². The van der Waals surface area contributed by atoms with Gasteiger partial charge in [-0.2, -0.15) is 0 Å². The van der Waals surface area contributed by atoms with Gasteiger partial charge in [-0.25, -0.2) is 4.79 Å². The number of hydrogen-bond acceptors (Lipinski definition) is 5. The van der Waals surface area contributed by atoms with Gasteiger partial charge in [0.1, 0.15) is 5.60 Å². The minimum Gasteiger partial charge on any atom is -0.444 e. The van der Waals surface area contributed by atoms with Crippen molar-refractivity contribution in [2.24, 2.45) is 0 Å². The molecule has 0 aromatic carbocycles. The van der Waals surface area contributed by atoms with E-state index in [2.05, 4.69) is 63.7 Å². The van der Waals surface area contributed by atoms with Crippen LogP contribution in [0.3, 0.4) is 0 Å². The molecule has 0 N–H and O–H groups in total. The molecule has 0 unspecified atom stereocenters. The van der Waals surface area contributed by atoms with Gasteiger partial charge in [0.05, 0.1) is 18.8 Å². The summed E-state index contributed by atoms with van der Waals surface area (Å²) in [6, 6.07) is 4.05. The lowest BCUT2D eigenvalue weighted by molar-refractivity contribution is 0.0227. The van der Waals surface area contributed by atoms with Crippen LogP contribution in [0.25, 0.3) is 0 Å². The first-order valence-electron chi connectivity index (χ1n) is 12.5. The van der Waals surface area contributed by atoms with Crippen LogP contribution in [0.2, 0.25) is 18.1 Å². The number of rotatable bonds is 12. The van der Waals surface area contributed by atoms with E-state index in [4.69, 9.17) is 9.16 Å². The van der Waals surface area contributed by atoms with Gasteiger partial charge in [-0.1, -0.05) is 34.6 Å². The highest BCUT2D eigenvalue weighted by Crippen LogP contribution is 2.37. The van der Waals surface area contributed by atoms with E-state index in [0.717, 1.165) is 43.7 Å². The lowest BCUT2D eigenvalue weighted by atomic mass is 10.2. The van der Waals surface area contributed by atoms with Crippen molar-refractivity contribution in [2.75, 3.05) is 26.2 Å². The van der Waals surface area contributed by atoms with E-state index in [1.165, 1.54) is 0 Å². The summed E-state index contributed by atoms with van der Waals surface area (Å²) in [6.45, 7) is 26.2. The van der Waals surface area contributed by atoms with Gasteiger partial charge >= 0.3 is 6.09 Å². The maximum atomic E-state index is 12.9. The highest BCUT2D eigenvalue weighted by atomic mass is 28.4. The molecule has 0 saturated heterocycles. The first kappa shape index (κ1) is 29.6. The predicted molar refractivity (Wildman–Crippen MR) is 140 cm³/mol. The van der Waals surface area contributed by atoms with E-state index in [-0.39, 0.29) is 11.1 Å². The largest absolute Gasteiger partial charge is 0.444 e. The van der Waals surface area contributed by atoms with E-state index in [1.54, 1.807) is 4.90 Å². The molecule has 1 amide bonds. The molecule has 0 bridgehead atoms. The lowest BCUT2D eigenvalue weighted by Crippen LogP contribution is -2.40. The third-order valence-corrected chi connectivity index (χ3v) is 10.8. The van der Waals surface area contributed by atoms with E-state index in [1.807, 2.05) is 33.0 Å². The summed E-state index contributed by atoms with van der Waals surface area (Å²) in [5.74, 6) is 0. The Balaban J connectivity index is 2.85. The number of pyridine rings is 1. The molecule has 190 valence electrons. The maximum Gasteiger partial charge on any atom is 0.410 e.